The molecule has 9 aromatic carbocycles. The maximum atomic E-state index is 6.13. The molecule has 2 heterocycles. The number of para-hydroxylation sites is 1. The number of furan rings is 1. The molecule has 11 aromatic rings. The molecule has 0 aliphatic rings. The summed E-state index contributed by atoms with van der Waals surface area (Å²) in [5.74, 6) is 0. The van der Waals surface area contributed by atoms with Crippen molar-refractivity contribution >= 4 is 65.3 Å². The van der Waals surface area contributed by atoms with Crippen LogP contribution in [0.15, 0.2) is 187 Å². The van der Waals surface area contributed by atoms with Gasteiger partial charge in [-0.3, -0.25) is 4.98 Å². The van der Waals surface area contributed by atoms with E-state index in [1.165, 1.54) is 43.8 Å². The lowest BCUT2D eigenvalue weighted by atomic mass is 9.91. The topological polar surface area (TPSA) is 38.9 Å². The van der Waals surface area contributed by atoms with Crippen molar-refractivity contribution in [2.24, 2.45) is 0 Å². The van der Waals surface area contributed by atoms with Crippen molar-refractivity contribution in [3.05, 3.63) is 182 Å². The third-order valence-corrected chi connectivity index (χ3v) is 10.7. The van der Waals surface area contributed by atoms with Gasteiger partial charge >= 0.3 is 0 Å². The number of rotatable bonds is 4. The number of hydrogen-bond donors (Lipinski definition) is 0. The van der Waals surface area contributed by atoms with Gasteiger partial charge in [0.25, 0.3) is 0 Å². The zero-order valence-corrected chi connectivity index (χ0v) is 28.6. The van der Waals surface area contributed by atoms with E-state index >= 15 is 0 Å². The molecule has 53 heavy (non-hydrogen) atoms. The Morgan fingerprint density at radius 2 is 0.830 bits per heavy atom. The molecule has 0 aliphatic carbocycles. The summed E-state index contributed by atoms with van der Waals surface area (Å²) in [6, 6.07) is 62.5. The van der Waals surface area contributed by atoms with Crippen LogP contribution in [0.2, 0.25) is 0 Å². The molecule has 0 unspecified atom stereocenters. The summed E-state index contributed by atoms with van der Waals surface area (Å²) >= 11 is 0. The van der Waals surface area contributed by atoms with Crippen LogP contribution in [0.3, 0.4) is 0 Å². The zero-order valence-electron chi connectivity index (χ0n) is 28.6. The van der Waals surface area contributed by atoms with Gasteiger partial charge in [0.1, 0.15) is 11.2 Å². The molecule has 0 fully saturated rings. The van der Waals surface area contributed by atoms with Gasteiger partial charge in [0.05, 0.1) is 22.9 Å². The predicted molar refractivity (Wildman–Crippen MR) is 221 cm³/mol. The fourth-order valence-electron chi connectivity index (χ4n) is 8.19. The third-order valence-electron chi connectivity index (χ3n) is 10.7. The van der Waals surface area contributed by atoms with Gasteiger partial charge in [0, 0.05) is 27.1 Å². The SMILES string of the molecule is c1cc(-c2cccc(-c3cccc4c(-c5ccc6oc7ccccc7c6c5)cccc34)c2)cc(-c2cnc3c4ccccc4c4ccccc4c3n2)c1. The Bertz CT molecular complexity index is 3210. The Kier molecular flexibility index (Phi) is 6.55. The lowest BCUT2D eigenvalue weighted by Gasteiger charge is -2.13. The van der Waals surface area contributed by atoms with Crippen LogP contribution >= 0.6 is 0 Å². The molecule has 0 radical (unpaired) electrons. The van der Waals surface area contributed by atoms with Gasteiger partial charge in [0.2, 0.25) is 0 Å². The average molecular weight is 675 g/mol. The highest BCUT2D eigenvalue weighted by Gasteiger charge is 2.15. The summed E-state index contributed by atoms with van der Waals surface area (Å²) < 4.78 is 6.13. The molecule has 2 aromatic heterocycles. The van der Waals surface area contributed by atoms with Gasteiger partial charge in [-0.05, 0) is 85.3 Å². The van der Waals surface area contributed by atoms with E-state index in [2.05, 4.69) is 164 Å². The summed E-state index contributed by atoms with van der Waals surface area (Å²) in [5, 5.41) is 9.36. The molecule has 0 bridgehead atoms. The van der Waals surface area contributed by atoms with Gasteiger partial charge in [-0.15, -0.1) is 0 Å². The molecule has 0 amide bonds. The molecule has 3 heteroatoms. The second kappa shape index (κ2) is 11.7. The fraction of sp³-hybridized carbons (Fsp3) is 0. The van der Waals surface area contributed by atoms with E-state index < -0.39 is 0 Å². The first kappa shape index (κ1) is 29.6. The molecule has 0 atom stereocenters. The Morgan fingerprint density at radius 1 is 0.321 bits per heavy atom. The van der Waals surface area contributed by atoms with E-state index in [0.29, 0.717) is 0 Å². The second-order valence-electron chi connectivity index (χ2n) is 13.7. The Hall–Kier alpha value is -7.10. The summed E-state index contributed by atoms with van der Waals surface area (Å²) in [4.78, 5) is 10.3. The van der Waals surface area contributed by atoms with Crippen LogP contribution in [-0.2, 0) is 0 Å². The van der Waals surface area contributed by atoms with Crippen molar-refractivity contribution < 1.29 is 4.42 Å². The maximum absolute atomic E-state index is 6.13. The first-order valence-electron chi connectivity index (χ1n) is 18.0. The molecule has 0 saturated heterocycles. The number of nitrogens with zero attached hydrogens (tertiary/aromatic N) is 2. The van der Waals surface area contributed by atoms with Gasteiger partial charge in [-0.2, -0.15) is 0 Å². The van der Waals surface area contributed by atoms with E-state index in [-0.39, 0.29) is 0 Å². The smallest absolute Gasteiger partial charge is 0.135 e. The number of fused-ring (bicyclic) bond motifs is 10. The molecular weight excluding hydrogens is 645 g/mol. The molecule has 0 spiro atoms. The Labute approximate surface area is 305 Å². The van der Waals surface area contributed by atoms with Crippen molar-refractivity contribution in [1.82, 2.24) is 9.97 Å². The summed E-state index contributed by atoms with van der Waals surface area (Å²) in [5.41, 5.74) is 12.6. The Morgan fingerprint density at radius 3 is 1.55 bits per heavy atom. The highest BCUT2D eigenvalue weighted by atomic mass is 16.3. The van der Waals surface area contributed by atoms with E-state index in [0.717, 1.165) is 66.1 Å². The fourth-order valence-corrected chi connectivity index (χ4v) is 8.19. The van der Waals surface area contributed by atoms with Gasteiger partial charge < -0.3 is 4.42 Å². The minimum Gasteiger partial charge on any atom is -0.456 e. The highest BCUT2D eigenvalue weighted by molar-refractivity contribution is 6.23. The van der Waals surface area contributed by atoms with Crippen molar-refractivity contribution in [1.29, 1.82) is 0 Å². The Balaban J connectivity index is 0.993. The lowest BCUT2D eigenvalue weighted by molar-refractivity contribution is 0.669. The van der Waals surface area contributed by atoms with E-state index in [1.807, 2.05) is 18.3 Å². The minimum absolute atomic E-state index is 0.860. The molecule has 3 nitrogen and oxygen atoms in total. The molecule has 246 valence electrons. The van der Waals surface area contributed by atoms with Crippen LogP contribution in [0.5, 0.6) is 0 Å². The van der Waals surface area contributed by atoms with Crippen molar-refractivity contribution in [2.75, 3.05) is 0 Å². The molecule has 0 N–H and O–H groups in total. The zero-order chi connectivity index (χ0) is 34.9. The first-order valence-corrected chi connectivity index (χ1v) is 18.0. The van der Waals surface area contributed by atoms with E-state index in [1.54, 1.807) is 0 Å². The van der Waals surface area contributed by atoms with Gasteiger partial charge in [-0.1, -0.05) is 146 Å². The third kappa shape index (κ3) is 4.75. The molecule has 0 saturated carbocycles. The van der Waals surface area contributed by atoms with Crippen LogP contribution in [0, 0.1) is 0 Å². The number of hydrogen-bond acceptors (Lipinski definition) is 3. The van der Waals surface area contributed by atoms with Crippen LogP contribution < -0.4 is 0 Å². The van der Waals surface area contributed by atoms with Crippen LogP contribution in [0.4, 0.5) is 0 Å². The summed E-state index contributed by atoms with van der Waals surface area (Å²) in [7, 11) is 0. The van der Waals surface area contributed by atoms with E-state index in [4.69, 9.17) is 14.4 Å². The van der Waals surface area contributed by atoms with Crippen LogP contribution in [0.25, 0.3) is 110 Å². The monoisotopic (exact) mass is 674 g/mol. The lowest BCUT2D eigenvalue weighted by Crippen LogP contribution is -1.92. The summed E-state index contributed by atoms with van der Waals surface area (Å²) in [6.07, 6.45) is 1.92. The number of benzene rings is 9. The van der Waals surface area contributed by atoms with Gasteiger partial charge in [-0.25, -0.2) is 4.98 Å². The van der Waals surface area contributed by atoms with Crippen LogP contribution in [-0.4, -0.2) is 9.97 Å². The predicted octanol–water partition coefficient (Wildman–Crippen LogP) is 13.7. The average Bonchev–Trinajstić information content (AvgIpc) is 3.61. The summed E-state index contributed by atoms with van der Waals surface area (Å²) in [6.45, 7) is 0. The minimum atomic E-state index is 0.860. The van der Waals surface area contributed by atoms with Crippen molar-refractivity contribution in [3.63, 3.8) is 0 Å². The van der Waals surface area contributed by atoms with Crippen molar-refractivity contribution in [2.45, 2.75) is 0 Å². The quantitative estimate of drug-likeness (QED) is 0.174. The number of aromatic nitrogens is 2. The molecular formula is C50H30N2O. The largest absolute Gasteiger partial charge is 0.456 e. The second-order valence-corrected chi connectivity index (χ2v) is 13.7. The normalized spacial score (nSPS) is 11.8. The first-order chi connectivity index (χ1) is 26.3. The van der Waals surface area contributed by atoms with Gasteiger partial charge in [0.15, 0.2) is 0 Å². The van der Waals surface area contributed by atoms with Crippen LogP contribution in [0.1, 0.15) is 0 Å². The standard InChI is InChI=1S/C50H30N2O/c1-3-18-43-40(15-1)41-16-2-4-19-44(41)50-49(43)51-30-46(52-50)35-14-8-12-32(28-35)31-11-7-13-33(27-31)36-20-9-23-39-37(21-10-22-38(36)39)34-25-26-48-45(29-34)42-17-5-6-24-47(42)53-48/h1-30H. The maximum Gasteiger partial charge on any atom is 0.135 e. The molecule has 0 aliphatic heterocycles. The molecule has 11 rings (SSSR count). The van der Waals surface area contributed by atoms with Crippen molar-refractivity contribution in [3.8, 4) is 44.6 Å². The van der Waals surface area contributed by atoms with E-state index in [9.17, 15) is 0 Å². The highest BCUT2D eigenvalue weighted by Crippen LogP contribution is 2.39.